The van der Waals surface area contributed by atoms with E-state index in [0.29, 0.717) is 6.42 Å². The van der Waals surface area contributed by atoms with Crippen LogP contribution >= 0.6 is 0 Å². The Morgan fingerprint density at radius 1 is 1.32 bits per heavy atom. The molecule has 0 bridgehead atoms. The molecule has 1 unspecified atom stereocenters. The molecule has 1 rings (SSSR count). The summed E-state index contributed by atoms with van der Waals surface area (Å²) in [6, 6.07) is 6.37. The number of hydrogen-bond donors (Lipinski definition) is 1. The molecule has 0 fully saturated rings. The van der Waals surface area contributed by atoms with Gasteiger partial charge in [0.05, 0.1) is 0 Å². The van der Waals surface area contributed by atoms with Gasteiger partial charge in [-0.2, -0.15) is 0 Å². The average Bonchev–Trinajstić information content (AvgIpc) is 2.37. The molecule has 1 atom stereocenters. The molecule has 104 valence electrons. The highest BCUT2D eigenvalue weighted by Crippen LogP contribution is 2.16. The number of nitrogens with zero attached hydrogens (tertiary/aromatic N) is 2. The zero-order valence-electron chi connectivity index (χ0n) is 11.8. The summed E-state index contributed by atoms with van der Waals surface area (Å²) in [5.74, 6) is -0.990. The molecular weight excluding hydrogens is 244 g/mol. The lowest BCUT2D eigenvalue weighted by Crippen LogP contribution is -2.47. The quantitative estimate of drug-likeness (QED) is 0.908. The van der Waals surface area contributed by atoms with Crippen LogP contribution in [0.2, 0.25) is 0 Å². The van der Waals surface area contributed by atoms with Crippen molar-refractivity contribution in [3.8, 4) is 0 Å². The molecule has 0 radical (unpaired) electrons. The standard InChI is InChI=1S/C14H20N2O3/c1-5-12(13(17)18)16(4)14(19)15(3)11-8-6-7-10(2)9-11/h6-9,12H,5H2,1-4H3,(H,17,18). The zero-order chi connectivity index (χ0) is 14.6. The molecule has 1 aromatic rings. The van der Waals surface area contributed by atoms with E-state index in [2.05, 4.69) is 0 Å². The second kappa shape index (κ2) is 6.22. The maximum Gasteiger partial charge on any atom is 0.326 e. The fourth-order valence-corrected chi connectivity index (χ4v) is 1.93. The lowest BCUT2D eigenvalue weighted by atomic mass is 10.2. The Morgan fingerprint density at radius 2 is 1.95 bits per heavy atom. The fourth-order valence-electron chi connectivity index (χ4n) is 1.93. The van der Waals surface area contributed by atoms with E-state index in [1.165, 1.54) is 16.8 Å². The molecule has 0 saturated heterocycles. The van der Waals surface area contributed by atoms with E-state index in [1.807, 2.05) is 31.2 Å². The number of aliphatic carboxylic acids is 1. The predicted molar refractivity (Wildman–Crippen MR) is 74.5 cm³/mol. The minimum Gasteiger partial charge on any atom is -0.480 e. The number of anilines is 1. The van der Waals surface area contributed by atoms with Crippen LogP contribution in [0.25, 0.3) is 0 Å². The largest absolute Gasteiger partial charge is 0.480 e. The maximum absolute atomic E-state index is 12.2. The smallest absolute Gasteiger partial charge is 0.326 e. The molecule has 19 heavy (non-hydrogen) atoms. The summed E-state index contributed by atoms with van der Waals surface area (Å²) in [6.45, 7) is 3.69. The molecule has 5 heteroatoms. The maximum atomic E-state index is 12.2. The van der Waals surface area contributed by atoms with Crippen LogP contribution in [0.3, 0.4) is 0 Å². The molecule has 1 N–H and O–H groups in total. The van der Waals surface area contributed by atoms with Crippen molar-refractivity contribution in [2.45, 2.75) is 26.3 Å². The van der Waals surface area contributed by atoms with Gasteiger partial charge in [-0.15, -0.1) is 0 Å². The van der Waals surface area contributed by atoms with E-state index in [1.54, 1.807) is 14.0 Å². The van der Waals surface area contributed by atoms with Gasteiger partial charge in [0.15, 0.2) is 0 Å². The van der Waals surface area contributed by atoms with Crippen molar-refractivity contribution in [1.82, 2.24) is 4.90 Å². The second-order valence-corrected chi connectivity index (χ2v) is 4.55. The van der Waals surface area contributed by atoms with E-state index in [9.17, 15) is 9.59 Å². The number of carboxylic acid groups (broad SMARTS) is 1. The van der Waals surface area contributed by atoms with Gasteiger partial charge >= 0.3 is 12.0 Å². The molecular formula is C14H20N2O3. The van der Waals surface area contributed by atoms with Gasteiger partial charge in [0.25, 0.3) is 0 Å². The van der Waals surface area contributed by atoms with Crippen LogP contribution in [-0.2, 0) is 4.79 Å². The molecule has 0 heterocycles. The summed E-state index contributed by atoms with van der Waals surface area (Å²) in [5.41, 5.74) is 1.79. The highest BCUT2D eigenvalue weighted by atomic mass is 16.4. The SMILES string of the molecule is CCC(C(=O)O)N(C)C(=O)N(C)c1cccc(C)c1. The predicted octanol–water partition coefficient (Wildman–Crippen LogP) is 2.35. The van der Waals surface area contributed by atoms with Gasteiger partial charge in [-0.1, -0.05) is 19.1 Å². The van der Waals surface area contributed by atoms with Crippen molar-refractivity contribution in [2.24, 2.45) is 0 Å². The summed E-state index contributed by atoms with van der Waals surface area (Å²) in [5, 5.41) is 9.08. The molecule has 0 aliphatic rings. The van der Waals surface area contributed by atoms with Gasteiger partial charge in [-0.25, -0.2) is 9.59 Å². The number of hydrogen-bond acceptors (Lipinski definition) is 2. The first kappa shape index (κ1) is 15.0. The van der Waals surface area contributed by atoms with E-state index >= 15 is 0 Å². The van der Waals surface area contributed by atoms with Crippen LogP contribution in [0.4, 0.5) is 10.5 Å². The van der Waals surface area contributed by atoms with Crippen LogP contribution in [-0.4, -0.2) is 42.1 Å². The van der Waals surface area contributed by atoms with Crippen LogP contribution in [0, 0.1) is 6.92 Å². The molecule has 2 amide bonds. The third-order valence-electron chi connectivity index (χ3n) is 3.12. The van der Waals surface area contributed by atoms with Crippen molar-refractivity contribution in [2.75, 3.05) is 19.0 Å². The van der Waals surface area contributed by atoms with Gasteiger partial charge in [0, 0.05) is 19.8 Å². The Hall–Kier alpha value is -2.04. The van der Waals surface area contributed by atoms with Gasteiger partial charge in [0.1, 0.15) is 6.04 Å². The fraction of sp³-hybridized carbons (Fsp3) is 0.429. The number of aryl methyl sites for hydroxylation is 1. The molecule has 0 aromatic heterocycles. The van der Waals surface area contributed by atoms with Gasteiger partial charge in [-0.3, -0.25) is 4.90 Å². The highest BCUT2D eigenvalue weighted by molar-refractivity contribution is 5.93. The molecule has 5 nitrogen and oxygen atoms in total. The summed E-state index contributed by atoms with van der Waals surface area (Å²) in [6.07, 6.45) is 0.374. The summed E-state index contributed by atoms with van der Waals surface area (Å²) in [7, 11) is 3.15. The Balaban J connectivity index is 2.90. The van der Waals surface area contributed by atoms with E-state index in [4.69, 9.17) is 5.11 Å². The van der Waals surface area contributed by atoms with Crippen LogP contribution in [0.5, 0.6) is 0 Å². The zero-order valence-corrected chi connectivity index (χ0v) is 11.8. The third-order valence-corrected chi connectivity index (χ3v) is 3.12. The number of rotatable bonds is 4. The molecule has 0 saturated carbocycles. The van der Waals surface area contributed by atoms with Crippen molar-refractivity contribution in [3.05, 3.63) is 29.8 Å². The number of urea groups is 1. The second-order valence-electron chi connectivity index (χ2n) is 4.55. The number of carboxylic acids is 1. The van der Waals surface area contributed by atoms with E-state index < -0.39 is 12.0 Å². The lowest BCUT2D eigenvalue weighted by Gasteiger charge is -2.29. The number of carbonyl (C=O) groups excluding carboxylic acids is 1. The van der Waals surface area contributed by atoms with Crippen LogP contribution in [0.15, 0.2) is 24.3 Å². The molecule has 0 aliphatic heterocycles. The number of carbonyl (C=O) groups is 2. The summed E-state index contributed by atoms with van der Waals surface area (Å²) >= 11 is 0. The van der Waals surface area contributed by atoms with Gasteiger partial charge in [0.2, 0.25) is 0 Å². The minimum atomic E-state index is -0.990. The lowest BCUT2D eigenvalue weighted by molar-refractivity contribution is -0.141. The first-order valence-electron chi connectivity index (χ1n) is 6.18. The first-order chi connectivity index (χ1) is 8.88. The van der Waals surface area contributed by atoms with E-state index in [0.717, 1.165) is 11.3 Å². The summed E-state index contributed by atoms with van der Waals surface area (Å²) in [4.78, 5) is 26.0. The highest BCUT2D eigenvalue weighted by Gasteiger charge is 2.27. The van der Waals surface area contributed by atoms with Crippen molar-refractivity contribution in [1.29, 1.82) is 0 Å². The Morgan fingerprint density at radius 3 is 2.42 bits per heavy atom. The number of likely N-dealkylation sites (N-methyl/N-ethyl adjacent to an activating group) is 1. The monoisotopic (exact) mass is 264 g/mol. The van der Waals surface area contributed by atoms with Gasteiger partial charge in [-0.05, 0) is 31.0 Å². The van der Waals surface area contributed by atoms with Gasteiger partial charge < -0.3 is 10.0 Å². The Kier molecular flexibility index (Phi) is 4.92. The van der Waals surface area contributed by atoms with Crippen molar-refractivity contribution < 1.29 is 14.7 Å². The first-order valence-corrected chi connectivity index (χ1v) is 6.18. The van der Waals surface area contributed by atoms with Crippen molar-refractivity contribution in [3.63, 3.8) is 0 Å². The van der Waals surface area contributed by atoms with E-state index in [-0.39, 0.29) is 6.03 Å². The Labute approximate surface area is 113 Å². The molecule has 0 spiro atoms. The third kappa shape index (κ3) is 3.47. The number of benzene rings is 1. The number of amides is 2. The minimum absolute atomic E-state index is 0.333. The van der Waals surface area contributed by atoms with Crippen molar-refractivity contribution >= 4 is 17.7 Å². The van der Waals surface area contributed by atoms with Crippen LogP contribution in [0.1, 0.15) is 18.9 Å². The molecule has 0 aliphatic carbocycles. The average molecular weight is 264 g/mol. The molecule has 1 aromatic carbocycles. The topological polar surface area (TPSA) is 60.9 Å². The van der Waals surface area contributed by atoms with Crippen LogP contribution < -0.4 is 4.90 Å². The normalized spacial score (nSPS) is 11.8. The summed E-state index contributed by atoms with van der Waals surface area (Å²) < 4.78 is 0. The Bertz CT molecular complexity index is 474.